The lowest BCUT2D eigenvalue weighted by atomic mass is 10.2. The minimum atomic E-state index is 0.170. The molecule has 0 saturated heterocycles. The average molecular weight is 463 g/mol. The zero-order chi connectivity index (χ0) is 23.6. The van der Waals surface area contributed by atoms with Crippen LogP contribution in [0.3, 0.4) is 0 Å². The molecule has 0 aliphatic rings. The van der Waals surface area contributed by atoms with Gasteiger partial charge in [0.05, 0.1) is 13.2 Å². The molecule has 8 heteroatoms. The first-order valence-electron chi connectivity index (χ1n) is 11.9. The molecular weight excluding hydrogens is 432 g/mol. The summed E-state index contributed by atoms with van der Waals surface area (Å²) in [5.41, 5.74) is 1.57. The molecule has 178 valence electrons. The lowest BCUT2D eigenvalue weighted by Crippen LogP contribution is -1.96. The van der Waals surface area contributed by atoms with Gasteiger partial charge in [0.2, 0.25) is 11.8 Å². The van der Waals surface area contributed by atoms with Crippen molar-refractivity contribution in [3.05, 3.63) is 48.5 Å². The summed E-state index contributed by atoms with van der Waals surface area (Å²) in [5.74, 6) is 2.72. The van der Waals surface area contributed by atoms with Gasteiger partial charge in [-0.1, -0.05) is 39.5 Å². The predicted molar refractivity (Wildman–Crippen MR) is 129 cm³/mol. The Morgan fingerprint density at radius 3 is 1.44 bits per heavy atom. The first-order chi connectivity index (χ1) is 16.8. The molecule has 0 atom stereocenters. The molecule has 0 aliphatic heterocycles. The number of aromatic nitrogens is 4. The molecule has 0 saturated carbocycles. The quantitative estimate of drug-likeness (QED) is 0.205. The Hall–Kier alpha value is -3.68. The number of ether oxygens (including phenoxy) is 2. The highest BCUT2D eigenvalue weighted by molar-refractivity contribution is 5.57. The Balaban J connectivity index is 1.36. The van der Waals surface area contributed by atoms with Crippen molar-refractivity contribution in [2.75, 3.05) is 13.2 Å². The molecule has 0 N–H and O–H groups in total. The smallest absolute Gasteiger partial charge is 0.306 e. The van der Waals surface area contributed by atoms with E-state index in [9.17, 15) is 0 Å². The number of unbranched alkanes of at least 4 members (excludes halogenated alkanes) is 4. The molecule has 2 aromatic heterocycles. The third kappa shape index (κ3) is 6.21. The number of hydrogen-bond acceptors (Lipinski definition) is 8. The van der Waals surface area contributed by atoms with Gasteiger partial charge in [-0.05, 0) is 61.4 Å². The molecule has 0 fully saturated rings. The summed E-state index contributed by atoms with van der Waals surface area (Å²) in [6, 6.07) is 15.1. The standard InChI is InChI=1S/C26H30N4O4/c1-3-5-7-8-18-32-22-15-11-20(12-16-22)24-28-30-26(34-24)25-29-27-23(33-25)19-9-13-21(14-10-19)31-17-6-4-2/h9-16H,3-8,17-18H2,1-2H3. The van der Waals surface area contributed by atoms with Gasteiger partial charge >= 0.3 is 11.8 Å². The van der Waals surface area contributed by atoms with E-state index in [-0.39, 0.29) is 11.8 Å². The van der Waals surface area contributed by atoms with Crippen LogP contribution in [-0.2, 0) is 0 Å². The van der Waals surface area contributed by atoms with Crippen molar-refractivity contribution in [3.8, 4) is 46.2 Å². The minimum Gasteiger partial charge on any atom is -0.494 e. The monoisotopic (exact) mass is 462 g/mol. The Morgan fingerprint density at radius 2 is 0.971 bits per heavy atom. The lowest BCUT2D eigenvalue weighted by molar-refractivity contribution is 0.305. The molecule has 34 heavy (non-hydrogen) atoms. The molecule has 0 spiro atoms. The normalized spacial score (nSPS) is 11.0. The summed E-state index contributed by atoms with van der Waals surface area (Å²) in [4.78, 5) is 0. The van der Waals surface area contributed by atoms with Crippen molar-refractivity contribution in [1.29, 1.82) is 0 Å². The average Bonchev–Trinajstić information content (AvgIpc) is 3.55. The Labute approximate surface area is 199 Å². The fraction of sp³-hybridized carbons (Fsp3) is 0.385. The van der Waals surface area contributed by atoms with Crippen LogP contribution in [0.5, 0.6) is 11.5 Å². The van der Waals surface area contributed by atoms with Gasteiger partial charge in [0.15, 0.2) is 0 Å². The van der Waals surface area contributed by atoms with Crippen LogP contribution in [0.25, 0.3) is 34.7 Å². The Kier molecular flexibility index (Phi) is 8.27. The van der Waals surface area contributed by atoms with E-state index in [1.807, 2.05) is 48.5 Å². The maximum Gasteiger partial charge on any atom is 0.306 e. The predicted octanol–water partition coefficient (Wildman–Crippen LogP) is 6.59. The fourth-order valence-corrected chi connectivity index (χ4v) is 3.29. The van der Waals surface area contributed by atoms with E-state index in [0.717, 1.165) is 48.5 Å². The van der Waals surface area contributed by atoms with Crippen LogP contribution in [-0.4, -0.2) is 33.6 Å². The van der Waals surface area contributed by atoms with Gasteiger partial charge in [-0.15, -0.1) is 20.4 Å². The molecular formula is C26H30N4O4. The highest BCUT2D eigenvalue weighted by atomic mass is 16.5. The van der Waals surface area contributed by atoms with Gasteiger partial charge in [0.25, 0.3) is 0 Å². The number of benzene rings is 2. The van der Waals surface area contributed by atoms with Crippen LogP contribution < -0.4 is 9.47 Å². The molecule has 0 radical (unpaired) electrons. The zero-order valence-electron chi connectivity index (χ0n) is 19.7. The summed E-state index contributed by atoms with van der Waals surface area (Å²) < 4.78 is 23.0. The van der Waals surface area contributed by atoms with Crippen molar-refractivity contribution < 1.29 is 18.3 Å². The molecule has 2 aromatic carbocycles. The molecule has 0 bridgehead atoms. The van der Waals surface area contributed by atoms with Gasteiger partial charge < -0.3 is 18.3 Å². The molecule has 0 amide bonds. The summed E-state index contributed by atoms with van der Waals surface area (Å²) in [5, 5.41) is 16.3. The van der Waals surface area contributed by atoms with E-state index >= 15 is 0 Å². The summed E-state index contributed by atoms with van der Waals surface area (Å²) in [6.45, 7) is 5.75. The van der Waals surface area contributed by atoms with Crippen LogP contribution in [0, 0.1) is 0 Å². The van der Waals surface area contributed by atoms with E-state index in [4.69, 9.17) is 18.3 Å². The first-order valence-corrected chi connectivity index (χ1v) is 11.9. The van der Waals surface area contributed by atoms with Gasteiger partial charge in [0, 0.05) is 11.1 Å². The molecule has 4 aromatic rings. The molecule has 8 nitrogen and oxygen atoms in total. The second-order valence-corrected chi connectivity index (χ2v) is 7.98. The third-order valence-corrected chi connectivity index (χ3v) is 5.27. The van der Waals surface area contributed by atoms with Gasteiger partial charge in [0.1, 0.15) is 11.5 Å². The number of hydrogen-bond donors (Lipinski definition) is 0. The maximum absolute atomic E-state index is 5.79. The summed E-state index contributed by atoms with van der Waals surface area (Å²) in [6.07, 6.45) is 6.83. The second kappa shape index (κ2) is 12.0. The topological polar surface area (TPSA) is 96.3 Å². The van der Waals surface area contributed by atoms with Crippen molar-refractivity contribution in [3.63, 3.8) is 0 Å². The number of nitrogens with zero attached hydrogens (tertiary/aromatic N) is 4. The fourth-order valence-electron chi connectivity index (χ4n) is 3.29. The molecule has 2 heterocycles. The minimum absolute atomic E-state index is 0.170. The van der Waals surface area contributed by atoms with E-state index < -0.39 is 0 Å². The third-order valence-electron chi connectivity index (χ3n) is 5.27. The largest absolute Gasteiger partial charge is 0.494 e. The van der Waals surface area contributed by atoms with Crippen LogP contribution in [0.15, 0.2) is 57.4 Å². The van der Waals surface area contributed by atoms with Crippen LogP contribution >= 0.6 is 0 Å². The van der Waals surface area contributed by atoms with Crippen molar-refractivity contribution in [2.45, 2.75) is 52.4 Å². The molecule has 4 rings (SSSR count). The molecule has 0 unspecified atom stereocenters. The first kappa shape index (κ1) is 23.5. The Morgan fingerprint density at radius 1 is 0.529 bits per heavy atom. The zero-order valence-corrected chi connectivity index (χ0v) is 19.7. The van der Waals surface area contributed by atoms with Crippen molar-refractivity contribution in [2.24, 2.45) is 0 Å². The van der Waals surface area contributed by atoms with Crippen molar-refractivity contribution >= 4 is 0 Å². The van der Waals surface area contributed by atoms with Gasteiger partial charge in [-0.3, -0.25) is 0 Å². The second-order valence-electron chi connectivity index (χ2n) is 7.98. The highest BCUT2D eigenvalue weighted by Gasteiger charge is 2.18. The SMILES string of the molecule is CCCCCCOc1ccc(-c2nnc(-c3nnc(-c4ccc(OCCCC)cc4)o3)o2)cc1. The van der Waals surface area contributed by atoms with E-state index in [1.165, 1.54) is 19.3 Å². The van der Waals surface area contributed by atoms with E-state index in [1.54, 1.807) is 0 Å². The summed E-state index contributed by atoms with van der Waals surface area (Å²) in [7, 11) is 0. The highest BCUT2D eigenvalue weighted by Crippen LogP contribution is 2.28. The van der Waals surface area contributed by atoms with Crippen molar-refractivity contribution in [1.82, 2.24) is 20.4 Å². The maximum atomic E-state index is 5.79. The van der Waals surface area contributed by atoms with Crippen LogP contribution in [0.2, 0.25) is 0 Å². The molecule has 0 aliphatic carbocycles. The lowest BCUT2D eigenvalue weighted by Gasteiger charge is -2.06. The number of rotatable bonds is 13. The van der Waals surface area contributed by atoms with E-state index in [2.05, 4.69) is 34.2 Å². The van der Waals surface area contributed by atoms with Gasteiger partial charge in [-0.25, -0.2) is 0 Å². The van der Waals surface area contributed by atoms with Crippen LogP contribution in [0.1, 0.15) is 52.4 Å². The summed E-state index contributed by atoms with van der Waals surface area (Å²) >= 11 is 0. The van der Waals surface area contributed by atoms with Gasteiger partial charge in [-0.2, -0.15) is 0 Å². The van der Waals surface area contributed by atoms with E-state index in [0.29, 0.717) is 18.4 Å². The van der Waals surface area contributed by atoms with Crippen LogP contribution in [0.4, 0.5) is 0 Å². The Bertz CT molecular complexity index is 1140.